The average molecular weight is 393 g/mol. The van der Waals surface area contributed by atoms with Gasteiger partial charge in [-0.05, 0) is 57.9 Å². The Morgan fingerprint density at radius 1 is 1.38 bits per heavy atom. The molecule has 2 aliphatic rings. The van der Waals surface area contributed by atoms with E-state index in [0.717, 1.165) is 22.4 Å². The molecule has 1 atom stereocenters. The highest BCUT2D eigenvalue weighted by atomic mass is 16.5. The molecule has 0 spiro atoms. The highest BCUT2D eigenvalue weighted by molar-refractivity contribution is 5.93. The number of benzene rings is 1. The molecule has 0 saturated heterocycles. The number of fused-ring (bicyclic) bond motifs is 1. The molecule has 1 unspecified atom stereocenters. The van der Waals surface area contributed by atoms with Gasteiger partial charge in [0, 0.05) is 18.3 Å². The molecule has 0 radical (unpaired) electrons. The Kier molecular flexibility index (Phi) is 5.18. The van der Waals surface area contributed by atoms with Gasteiger partial charge in [0.05, 0.1) is 23.6 Å². The summed E-state index contributed by atoms with van der Waals surface area (Å²) in [5, 5.41) is 9.75. The Bertz CT molecular complexity index is 1010. The van der Waals surface area contributed by atoms with Crippen LogP contribution in [0.15, 0.2) is 47.1 Å². The molecular weight excluding hydrogens is 366 g/mol. The molecule has 6 heteroatoms. The molecule has 3 rings (SSSR count). The molecule has 0 aromatic heterocycles. The Morgan fingerprint density at radius 3 is 2.69 bits per heavy atom. The van der Waals surface area contributed by atoms with Crippen molar-refractivity contribution < 1.29 is 14.3 Å². The minimum atomic E-state index is -0.633. The highest BCUT2D eigenvalue weighted by Gasteiger charge is 2.37. The summed E-state index contributed by atoms with van der Waals surface area (Å²) in [6.07, 6.45) is 2.21. The average Bonchev–Trinajstić information content (AvgIpc) is 2.65. The summed E-state index contributed by atoms with van der Waals surface area (Å²) in [6, 6.07) is 8.12. The van der Waals surface area contributed by atoms with Crippen LogP contribution in [0.2, 0.25) is 0 Å². The van der Waals surface area contributed by atoms with Gasteiger partial charge in [-0.25, -0.2) is 4.79 Å². The molecule has 2 heterocycles. The molecule has 1 aromatic carbocycles. The number of nitriles is 1. The minimum absolute atomic E-state index is 0.0197. The Labute approximate surface area is 171 Å². The summed E-state index contributed by atoms with van der Waals surface area (Å²) < 4.78 is 10.7. The molecule has 6 nitrogen and oxygen atoms in total. The van der Waals surface area contributed by atoms with E-state index in [0.29, 0.717) is 11.3 Å². The predicted molar refractivity (Wildman–Crippen MR) is 113 cm³/mol. The zero-order valence-electron chi connectivity index (χ0n) is 17.8. The molecule has 29 heavy (non-hydrogen) atoms. The molecule has 1 aromatic rings. The number of carbonyl (C=O) groups is 1. The SMILES string of the molecule is CCOC(=O)C1=C(C)OC(N)=C(C#N)C1c1ccc2c(c1)C(C)=CC(C)(C)N2C. The van der Waals surface area contributed by atoms with Crippen molar-refractivity contribution in [1.82, 2.24) is 0 Å². The van der Waals surface area contributed by atoms with E-state index in [4.69, 9.17) is 15.2 Å². The molecule has 0 aliphatic carbocycles. The van der Waals surface area contributed by atoms with E-state index >= 15 is 0 Å². The van der Waals surface area contributed by atoms with Crippen molar-refractivity contribution in [2.75, 3.05) is 18.6 Å². The van der Waals surface area contributed by atoms with Gasteiger partial charge in [-0.3, -0.25) is 0 Å². The fourth-order valence-corrected chi connectivity index (χ4v) is 4.04. The number of allylic oxidation sites excluding steroid dienone is 3. The van der Waals surface area contributed by atoms with Gasteiger partial charge < -0.3 is 20.1 Å². The lowest BCUT2D eigenvalue weighted by Gasteiger charge is -2.41. The molecule has 0 fully saturated rings. The summed E-state index contributed by atoms with van der Waals surface area (Å²) in [7, 11) is 2.06. The van der Waals surface area contributed by atoms with E-state index in [1.807, 2.05) is 18.2 Å². The molecule has 0 bridgehead atoms. The zero-order chi connectivity index (χ0) is 21.5. The van der Waals surface area contributed by atoms with Crippen molar-refractivity contribution in [3.8, 4) is 6.07 Å². The predicted octanol–water partition coefficient (Wildman–Crippen LogP) is 3.96. The van der Waals surface area contributed by atoms with E-state index in [2.05, 4.69) is 44.9 Å². The lowest BCUT2D eigenvalue weighted by Crippen LogP contribution is -2.42. The van der Waals surface area contributed by atoms with Crippen molar-refractivity contribution >= 4 is 17.2 Å². The Balaban J connectivity index is 2.19. The van der Waals surface area contributed by atoms with Gasteiger partial charge in [0.2, 0.25) is 5.88 Å². The second-order valence-electron chi connectivity index (χ2n) is 7.93. The van der Waals surface area contributed by atoms with Crippen LogP contribution in [0, 0.1) is 11.3 Å². The molecule has 152 valence electrons. The quantitative estimate of drug-likeness (QED) is 0.782. The molecular formula is C23H27N3O3. The number of hydrogen-bond acceptors (Lipinski definition) is 6. The largest absolute Gasteiger partial charge is 0.463 e. The monoisotopic (exact) mass is 393 g/mol. The van der Waals surface area contributed by atoms with Gasteiger partial charge in [-0.2, -0.15) is 5.26 Å². The number of nitrogens with zero attached hydrogens (tertiary/aromatic N) is 2. The number of anilines is 1. The summed E-state index contributed by atoms with van der Waals surface area (Å²) >= 11 is 0. The standard InChI is InChI=1S/C23H27N3O3/c1-7-28-22(27)19-14(3)29-21(25)17(12-24)20(19)15-8-9-18-16(10-15)13(2)11-23(4,5)26(18)6/h8-11,20H,7,25H2,1-6H3. The smallest absolute Gasteiger partial charge is 0.338 e. The van der Waals surface area contributed by atoms with E-state index in [-0.39, 0.29) is 23.6 Å². The maximum absolute atomic E-state index is 12.7. The fraction of sp³-hybridized carbons (Fsp3) is 0.391. The van der Waals surface area contributed by atoms with Gasteiger partial charge in [0.15, 0.2) is 0 Å². The summed E-state index contributed by atoms with van der Waals surface area (Å²) in [6.45, 7) is 10.0. The maximum Gasteiger partial charge on any atom is 0.338 e. The number of hydrogen-bond donors (Lipinski definition) is 1. The fourth-order valence-electron chi connectivity index (χ4n) is 4.04. The lowest BCUT2D eigenvalue weighted by molar-refractivity contribution is -0.139. The number of carbonyl (C=O) groups excluding carboxylic acids is 1. The first-order valence-corrected chi connectivity index (χ1v) is 9.65. The van der Waals surface area contributed by atoms with E-state index in [1.54, 1.807) is 13.8 Å². The first-order valence-electron chi connectivity index (χ1n) is 9.65. The number of rotatable bonds is 3. The van der Waals surface area contributed by atoms with E-state index in [9.17, 15) is 10.1 Å². The van der Waals surface area contributed by atoms with Gasteiger partial charge in [0.1, 0.15) is 17.4 Å². The van der Waals surface area contributed by atoms with Crippen molar-refractivity contribution in [3.05, 3.63) is 58.2 Å². The zero-order valence-corrected chi connectivity index (χ0v) is 17.8. The van der Waals surface area contributed by atoms with Crippen LogP contribution in [-0.4, -0.2) is 25.2 Å². The van der Waals surface area contributed by atoms with Crippen molar-refractivity contribution in [1.29, 1.82) is 5.26 Å². The van der Waals surface area contributed by atoms with Crippen LogP contribution in [0.5, 0.6) is 0 Å². The first-order chi connectivity index (χ1) is 13.6. The number of likely N-dealkylation sites (N-methyl/N-ethyl adjacent to an activating group) is 1. The van der Waals surface area contributed by atoms with Crippen molar-refractivity contribution in [2.45, 2.75) is 46.1 Å². The molecule has 2 aliphatic heterocycles. The number of nitrogens with two attached hydrogens (primary N) is 1. The van der Waals surface area contributed by atoms with Gasteiger partial charge in [0.25, 0.3) is 0 Å². The highest BCUT2D eigenvalue weighted by Crippen LogP contribution is 2.44. The second kappa shape index (κ2) is 7.32. The summed E-state index contributed by atoms with van der Waals surface area (Å²) in [5.41, 5.74) is 10.5. The number of ether oxygens (including phenoxy) is 2. The topological polar surface area (TPSA) is 88.6 Å². The third kappa shape index (κ3) is 3.38. The van der Waals surface area contributed by atoms with E-state index in [1.165, 1.54) is 0 Å². The van der Waals surface area contributed by atoms with Crippen LogP contribution in [0.1, 0.15) is 51.7 Å². The maximum atomic E-state index is 12.7. The van der Waals surface area contributed by atoms with Crippen LogP contribution >= 0.6 is 0 Å². The van der Waals surface area contributed by atoms with Crippen LogP contribution in [0.3, 0.4) is 0 Å². The van der Waals surface area contributed by atoms with Crippen molar-refractivity contribution in [3.63, 3.8) is 0 Å². The summed E-state index contributed by atoms with van der Waals surface area (Å²) in [4.78, 5) is 14.9. The Morgan fingerprint density at radius 2 is 2.07 bits per heavy atom. The first kappa shape index (κ1) is 20.5. The van der Waals surface area contributed by atoms with Crippen LogP contribution in [0.4, 0.5) is 5.69 Å². The number of esters is 1. The second-order valence-corrected chi connectivity index (χ2v) is 7.93. The third-order valence-corrected chi connectivity index (χ3v) is 5.68. The molecule has 2 N–H and O–H groups in total. The molecule has 0 amide bonds. The van der Waals surface area contributed by atoms with E-state index < -0.39 is 11.9 Å². The minimum Gasteiger partial charge on any atom is -0.463 e. The van der Waals surface area contributed by atoms with Crippen LogP contribution in [-0.2, 0) is 14.3 Å². The normalized spacial score (nSPS) is 20.5. The third-order valence-electron chi connectivity index (χ3n) is 5.68. The van der Waals surface area contributed by atoms with Crippen LogP contribution < -0.4 is 10.6 Å². The van der Waals surface area contributed by atoms with Crippen molar-refractivity contribution in [2.24, 2.45) is 5.73 Å². The van der Waals surface area contributed by atoms with Gasteiger partial charge >= 0.3 is 5.97 Å². The lowest BCUT2D eigenvalue weighted by atomic mass is 9.80. The molecule has 0 saturated carbocycles. The van der Waals surface area contributed by atoms with Gasteiger partial charge in [-0.15, -0.1) is 0 Å². The van der Waals surface area contributed by atoms with Gasteiger partial charge in [-0.1, -0.05) is 12.1 Å². The Hall–Kier alpha value is -3.20. The van der Waals surface area contributed by atoms with Crippen LogP contribution in [0.25, 0.3) is 5.57 Å². The summed E-state index contributed by atoms with van der Waals surface area (Å²) in [5.74, 6) is -0.760.